The van der Waals surface area contributed by atoms with Crippen molar-refractivity contribution < 1.29 is 53.5 Å². The minimum absolute atomic E-state index is 0.0772. The van der Waals surface area contributed by atoms with Gasteiger partial charge in [-0.05, 0) is 12.8 Å². The zero-order valence-corrected chi connectivity index (χ0v) is 20.0. The van der Waals surface area contributed by atoms with Gasteiger partial charge in [0.05, 0.1) is 45.6 Å². The fourth-order valence-electron chi connectivity index (χ4n) is 2.49. The highest BCUT2D eigenvalue weighted by Gasteiger charge is 2.22. The largest absolute Gasteiger partial charge is 0.481 e. The van der Waals surface area contributed by atoms with E-state index in [1.807, 2.05) is 0 Å². The Balaban J connectivity index is 3.82. The van der Waals surface area contributed by atoms with Gasteiger partial charge in [0.1, 0.15) is 12.6 Å². The van der Waals surface area contributed by atoms with E-state index in [0.717, 1.165) is 0 Å². The second-order valence-electron chi connectivity index (χ2n) is 7.48. The number of aliphatic carboxylic acids is 2. The van der Waals surface area contributed by atoms with E-state index in [0.29, 0.717) is 13.2 Å². The van der Waals surface area contributed by atoms with Crippen molar-refractivity contribution in [2.75, 3.05) is 59.3 Å². The molecular formula is C21H37N3O11. The zero-order chi connectivity index (χ0) is 26.5. The molecule has 0 aliphatic heterocycles. The lowest BCUT2D eigenvalue weighted by Crippen LogP contribution is -2.42. The van der Waals surface area contributed by atoms with Crippen molar-refractivity contribution in [1.29, 1.82) is 0 Å². The molecule has 0 bridgehead atoms. The van der Waals surface area contributed by atoms with Gasteiger partial charge in [0.2, 0.25) is 17.7 Å². The SMILES string of the molecule is CC(CCC(=O)NC(CCC(=O)NCCOCCOCC(=O)NCCOCCO)C(=O)O)C(=O)O. The maximum Gasteiger partial charge on any atom is 0.326 e. The van der Waals surface area contributed by atoms with E-state index in [9.17, 15) is 29.1 Å². The van der Waals surface area contributed by atoms with Gasteiger partial charge in [0.15, 0.2) is 0 Å². The molecule has 0 saturated heterocycles. The summed E-state index contributed by atoms with van der Waals surface area (Å²) in [6, 6.07) is -1.26. The number of carboxylic acid groups (broad SMARTS) is 2. The average Bonchev–Trinajstić information content (AvgIpc) is 2.81. The molecule has 14 nitrogen and oxygen atoms in total. The second kappa shape index (κ2) is 20.6. The van der Waals surface area contributed by atoms with Crippen LogP contribution in [0.1, 0.15) is 32.6 Å². The van der Waals surface area contributed by atoms with Crippen LogP contribution in [0.2, 0.25) is 0 Å². The van der Waals surface area contributed by atoms with Gasteiger partial charge >= 0.3 is 11.9 Å². The normalized spacial score (nSPS) is 12.4. The molecule has 0 radical (unpaired) electrons. The van der Waals surface area contributed by atoms with Crippen LogP contribution in [-0.2, 0) is 38.2 Å². The van der Waals surface area contributed by atoms with Crippen LogP contribution in [-0.4, -0.2) is 110 Å². The number of amides is 3. The van der Waals surface area contributed by atoms with Gasteiger partial charge in [-0.2, -0.15) is 0 Å². The Morgan fingerprint density at radius 1 is 0.714 bits per heavy atom. The topological polar surface area (TPSA) is 210 Å². The molecule has 0 saturated carbocycles. The zero-order valence-electron chi connectivity index (χ0n) is 20.0. The number of hydrogen-bond donors (Lipinski definition) is 6. The maximum absolute atomic E-state index is 11.9. The molecule has 0 aromatic carbocycles. The Hall–Kier alpha value is -2.81. The van der Waals surface area contributed by atoms with E-state index < -0.39 is 35.7 Å². The molecule has 0 spiro atoms. The summed E-state index contributed by atoms with van der Waals surface area (Å²) in [6.07, 6.45) is -0.304. The molecule has 0 fully saturated rings. The number of ether oxygens (including phenoxy) is 3. The quantitative estimate of drug-likeness (QED) is 0.0892. The number of nitrogens with one attached hydrogen (secondary N) is 3. The molecule has 35 heavy (non-hydrogen) atoms. The Kier molecular flexibility index (Phi) is 18.9. The second-order valence-corrected chi connectivity index (χ2v) is 7.48. The molecule has 6 N–H and O–H groups in total. The highest BCUT2D eigenvalue weighted by Crippen LogP contribution is 2.06. The summed E-state index contributed by atoms with van der Waals surface area (Å²) in [7, 11) is 0. The van der Waals surface area contributed by atoms with Gasteiger partial charge in [0, 0.05) is 25.9 Å². The highest BCUT2D eigenvalue weighted by molar-refractivity contribution is 5.84. The summed E-state index contributed by atoms with van der Waals surface area (Å²) in [6.45, 7) is 2.79. The monoisotopic (exact) mass is 507 g/mol. The van der Waals surface area contributed by atoms with E-state index in [4.69, 9.17) is 24.4 Å². The molecular weight excluding hydrogens is 470 g/mol. The van der Waals surface area contributed by atoms with Crippen molar-refractivity contribution in [2.45, 2.75) is 38.6 Å². The summed E-state index contributed by atoms with van der Waals surface area (Å²) >= 11 is 0. The molecule has 14 heteroatoms. The first-order valence-corrected chi connectivity index (χ1v) is 11.3. The number of rotatable bonds is 22. The lowest BCUT2D eigenvalue weighted by molar-refractivity contribution is -0.143. The third kappa shape index (κ3) is 19.2. The summed E-state index contributed by atoms with van der Waals surface area (Å²) < 4.78 is 15.4. The van der Waals surface area contributed by atoms with Crippen molar-refractivity contribution >= 4 is 29.7 Å². The Bertz CT molecular complexity index is 660. The number of carbonyl (C=O) groups excluding carboxylic acids is 3. The molecule has 0 rings (SSSR count). The number of aliphatic hydroxyl groups is 1. The predicted molar refractivity (Wildman–Crippen MR) is 120 cm³/mol. The van der Waals surface area contributed by atoms with Crippen LogP contribution in [0.4, 0.5) is 0 Å². The summed E-state index contributed by atoms with van der Waals surface area (Å²) in [4.78, 5) is 57.2. The van der Waals surface area contributed by atoms with Crippen molar-refractivity contribution in [2.24, 2.45) is 5.92 Å². The number of carbonyl (C=O) groups is 5. The molecule has 0 aromatic heterocycles. The fourth-order valence-corrected chi connectivity index (χ4v) is 2.49. The van der Waals surface area contributed by atoms with Crippen LogP contribution in [0.25, 0.3) is 0 Å². The lowest BCUT2D eigenvalue weighted by atomic mass is 10.1. The van der Waals surface area contributed by atoms with E-state index >= 15 is 0 Å². The van der Waals surface area contributed by atoms with Crippen LogP contribution >= 0.6 is 0 Å². The summed E-state index contributed by atoms with van der Waals surface area (Å²) in [5, 5.41) is 34.0. The Morgan fingerprint density at radius 2 is 1.29 bits per heavy atom. The van der Waals surface area contributed by atoms with Crippen LogP contribution < -0.4 is 16.0 Å². The highest BCUT2D eigenvalue weighted by atomic mass is 16.5. The molecule has 2 unspecified atom stereocenters. The van der Waals surface area contributed by atoms with Gasteiger partial charge in [-0.25, -0.2) is 4.79 Å². The van der Waals surface area contributed by atoms with Crippen LogP contribution in [0.3, 0.4) is 0 Å². The van der Waals surface area contributed by atoms with E-state index in [1.165, 1.54) is 6.92 Å². The molecule has 3 amide bonds. The van der Waals surface area contributed by atoms with Gasteiger partial charge in [0.25, 0.3) is 0 Å². The van der Waals surface area contributed by atoms with Crippen molar-refractivity contribution in [1.82, 2.24) is 16.0 Å². The third-order valence-electron chi connectivity index (χ3n) is 4.50. The molecule has 0 aliphatic rings. The number of hydrogen-bond acceptors (Lipinski definition) is 9. The van der Waals surface area contributed by atoms with Crippen LogP contribution in [0, 0.1) is 5.92 Å². The Labute approximate surface area is 203 Å². The molecule has 0 aromatic rings. The smallest absolute Gasteiger partial charge is 0.326 e. The van der Waals surface area contributed by atoms with Crippen LogP contribution in [0.5, 0.6) is 0 Å². The minimum atomic E-state index is -1.29. The van der Waals surface area contributed by atoms with Gasteiger partial charge < -0.3 is 45.5 Å². The average molecular weight is 508 g/mol. The Morgan fingerprint density at radius 3 is 1.89 bits per heavy atom. The van der Waals surface area contributed by atoms with E-state index in [2.05, 4.69) is 16.0 Å². The van der Waals surface area contributed by atoms with Gasteiger partial charge in [-0.1, -0.05) is 6.92 Å². The first-order chi connectivity index (χ1) is 16.7. The summed E-state index contributed by atoms with van der Waals surface area (Å²) in [5.41, 5.74) is 0. The molecule has 0 aliphatic carbocycles. The molecule has 2 atom stereocenters. The summed E-state index contributed by atoms with van der Waals surface area (Å²) in [5.74, 6) is -4.37. The lowest BCUT2D eigenvalue weighted by Gasteiger charge is -2.15. The number of aliphatic hydroxyl groups excluding tert-OH is 1. The van der Waals surface area contributed by atoms with Crippen molar-refractivity contribution in [3.63, 3.8) is 0 Å². The first kappa shape index (κ1) is 32.2. The van der Waals surface area contributed by atoms with Gasteiger partial charge in [-0.3, -0.25) is 19.2 Å². The van der Waals surface area contributed by atoms with Crippen LogP contribution in [0.15, 0.2) is 0 Å². The predicted octanol–water partition coefficient (Wildman–Crippen LogP) is -1.89. The first-order valence-electron chi connectivity index (χ1n) is 11.3. The van der Waals surface area contributed by atoms with Gasteiger partial charge in [-0.15, -0.1) is 0 Å². The van der Waals surface area contributed by atoms with Crippen molar-refractivity contribution in [3.8, 4) is 0 Å². The molecule has 202 valence electrons. The standard InChI is InChI=1S/C21H37N3O11/c1-15(20(29)30)2-4-18(27)24-16(21(31)32)3-5-17(26)22-6-10-34-12-13-35-14-19(28)23-7-9-33-11-8-25/h15-16,25H,2-14H2,1H3,(H,22,26)(H,23,28)(H,24,27)(H,29,30)(H,31,32). The van der Waals surface area contributed by atoms with Crippen molar-refractivity contribution in [3.05, 3.63) is 0 Å². The third-order valence-corrected chi connectivity index (χ3v) is 4.50. The minimum Gasteiger partial charge on any atom is -0.481 e. The van der Waals surface area contributed by atoms with E-state index in [-0.39, 0.29) is 77.8 Å². The van der Waals surface area contributed by atoms with E-state index in [1.54, 1.807) is 0 Å². The molecule has 0 heterocycles. The number of carboxylic acids is 2. The fraction of sp³-hybridized carbons (Fsp3) is 0.762. The maximum atomic E-state index is 11.9.